The van der Waals surface area contributed by atoms with Crippen molar-refractivity contribution in [2.24, 2.45) is 0 Å². The first kappa shape index (κ1) is 15.6. The molecule has 0 saturated carbocycles. The quantitative estimate of drug-likeness (QED) is 0.864. The highest BCUT2D eigenvalue weighted by Crippen LogP contribution is 2.21. The number of pyridine rings is 1. The number of benzene rings is 1. The van der Waals surface area contributed by atoms with E-state index in [1.807, 2.05) is 24.4 Å². The van der Waals surface area contributed by atoms with E-state index in [2.05, 4.69) is 30.2 Å². The highest BCUT2D eigenvalue weighted by molar-refractivity contribution is 5.28. The van der Waals surface area contributed by atoms with Crippen LogP contribution in [0.5, 0.6) is 0 Å². The van der Waals surface area contributed by atoms with Crippen LogP contribution in [0.2, 0.25) is 0 Å². The standard InChI is InChI=1S/C18H23FN2/c1-4-9-20-18(12-17-14(3)6-5-10-21-17)15-8-7-13(2)16(19)11-15/h5-8,10-11,18,20H,4,9,12H2,1-3H3. The van der Waals surface area contributed by atoms with Gasteiger partial charge in [-0.1, -0.05) is 25.1 Å². The molecule has 0 aliphatic rings. The summed E-state index contributed by atoms with van der Waals surface area (Å²) in [5.41, 5.74) is 3.90. The number of hydrogen-bond donors (Lipinski definition) is 1. The molecule has 1 aromatic heterocycles. The fourth-order valence-corrected chi connectivity index (χ4v) is 2.38. The Hall–Kier alpha value is -1.74. The lowest BCUT2D eigenvalue weighted by atomic mass is 9.98. The van der Waals surface area contributed by atoms with Crippen molar-refractivity contribution in [3.05, 3.63) is 64.7 Å². The smallest absolute Gasteiger partial charge is 0.126 e. The molecular formula is C18H23FN2. The molecule has 0 amide bonds. The van der Waals surface area contributed by atoms with E-state index in [4.69, 9.17) is 0 Å². The molecule has 0 bridgehead atoms. The van der Waals surface area contributed by atoms with E-state index in [1.54, 1.807) is 13.0 Å². The number of rotatable bonds is 6. The maximum Gasteiger partial charge on any atom is 0.126 e. The fraction of sp³-hybridized carbons (Fsp3) is 0.389. The zero-order chi connectivity index (χ0) is 15.2. The van der Waals surface area contributed by atoms with Crippen molar-refractivity contribution < 1.29 is 4.39 Å². The lowest BCUT2D eigenvalue weighted by Gasteiger charge is -2.20. The van der Waals surface area contributed by atoms with Gasteiger partial charge in [0.15, 0.2) is 0 Å². The number of nitrogens with one attached hydrogen (secondary N) is 1. The minimum Gasteiger partial charge on any atom is -0.310 e. The van der Waals surface area contributed by atoms with Crippen LogP contribution in [0.15, 0.2) is 36.5 Å². The SMILES string of the molecule is CCCNC(Cc1ncccc1C)c1ccc(C)c(F)c1. The molecular weight excluding hydrogens is 263 g/mol. The number of hydrogen-bond acceptors (Lipinski definition) is 2. The lowest BCUT2D eigenvalue weighted by molar-refractivity contribution is 0.518. The molecule has 1 atom stereocenters. The van der Waals surface area contributed by atoms with Crippen LogP contribution < -0.4 is 5.32 Å². The number of aryl methyl sites for hydroxylation is 2. The summed E-state index contributed by atoms with van der Waals surface area (Å²) in [6.07, 6.45) is 3.64. The molecule has 0 spiro atoms. The highest BCUT2D eigenvalue weighted by Gasteiger charge is 2.15. The second-order valence-corrected chi connectivity index (χ2v) is 5.49. The number of halogens is 1. The largest absolute Gasteiger partial charge is 0.310 e. The van der Waals surface area contributed by atoms with Crippen LogP contribution in [-0.2, 0) is 6.42 Å². The Bertz CT molecular complexity index is 596. The minimum atomic E-state index is -0.145. The van der Waals surface area contributed by atoms with Crippen LogP contribution in [-0.4, -0.2) is 11.5 Å². The first-order valence-electron chi connectivity index (χ1n) is 7.51. The zero-order valence-corrected chi connectivity index (χ0v) is 13.0. The molecule has 3 heteroatoms. The van der Waals surface area contributed by atoms with E-state index in [0.717, 1.165) is 30.6 Å². The predicted molar refractivity (Wildman–Crippen MR) is 84.8 cm³/mol. The van der Waals surface area contributed by atoms with Crippen molar-refractivity contribution >= 4 is 0 Å². The molecule has 1 heterocycles. The first-order valence-corrected chi connectivity index (χ1v) is 7.51. The third-order valence-electron chi connectivity index (χ3n) is 3.75. The molecule has 0 aliphatic carbocycles. The third-order valence-corrected chi connectivity index (χ3v) is 3.75. The summed E-state index contributed by atoms with van der Waals surface area (Å²) >= 11 is 0. The second kappa shape index (κ2) is 7.32. The molecule has 1 aromatic carbocycles. The Morgan fingerprint density at radius 1 is 1.19 bits per heavy atom. The van der Waals surface area contributed by atoms with Gasteiger partial charge in [-0.3, -0.25) is 4.98 Å². The predicted octanol–water partition coefficient (Wildman–Crippen LogP) is 4.12. The van der Waals surface area contributed by atoms with Crippen molar-refractivity contribution in [1.29, 1.82) is 0 Å². The van der Waals surface area contributed by atoms with E-state index in [-0.39, 0.29) is 11.9 Å². The Labute approximate surface area is 126 Å². The summed E-state index contributed by atoms with van der Waals surface area (Å²) in [4.78, 5) is 4.46. The van der Waals surface area contributed by atoms with Gasteiger partial charge in [0.2, 0.25) is 0 Å². The Morgan fingerprint density at radius 3 is 2.67 bits per heavy atom. The van der Waals surface area contributed by atoms with E-state index in [1.165, 1.54) is 5.56 Å². The van der Waals surface area contributed by atoms with Gasteiger partial charge in [0.25, 0.3) is 0 Å². The molecule has 2 rings (SSSR count). The average Bonchev–Trinajstić information content (AvgIpc) is 2.48. The Kier molecular flexibility index (Phi) is 5.45. The first-order chi connectivity index (χ1) is 10.1. The van der Waals surface area contributed by atoms with E-state index in [9.17, 15) is 4.39 Å². The van der Waals surface area contributed by atoms with Gasteiger partial charge in [-0.25, -0.2) is 4.39 Å². The van der Waals surface area contributed by atoms with Gasteiger partial charge in [0.1, 0.15) is 5.82 Å². The van der Waals surface area contributed by atoms with E-state index >= 15 is 0 Å². The third kappa shape index (κ3) is 4.11. The van der Waals surface area contributed by atoms with Crippen molar-refractivity contribution in [3.8, 4) is 0 Å². The normalized spacial score (nSPS) is 12.4. The van der Waals surface area contributed by atoms with Gasteiger partial charge in [-0.2, -0.15) is 0 Å². The maximum absolute atomic E-state index is 13.8. The topological polar surface area (TPSA) is 24.9 Å². The van der Waals surface area contributed by atoms with Gasteiger partial charge in [-0.15, -0.1) is 0 Å². The molecule has 21 heavy (non-hydrogen) atoms. The summed E-state index contributed by atoms with van der Waals surface area (Å²) in [5, 5.41) is 3.50. The molecule has 2 nitrogen and oxygen atoms in total. The molecule has 0 fully saturated rings. The van der Waals surface area contributed by atoms with Crippen molar-refractivity contribution in [3.63, 3.8) is 0 Å². The van der Waals surface area contributed by atoms with Gasteiger partial charge in [0.05, 0.1) is 0 Å². The van der Waals surface area contributed by atoms with Crippen LogP contribution in [0.25, 0.3) is 0 Å². The van der Waals surface area contributed by atoms with Crippen LogP contribution >= 0.6 is 0 Å². The van der Waals surface area contributed by atoms with Gasteiger partial charge in [0, 0.05) is 24.4 Å². The van der Waals surface area contributed by atoms with Crippen LogP contribution in [0.1, 0.15) is 41.8 Å². The second-order valence-electron chi connectivity index (χ2n) is 5.49. The number of aromatic nitrogens is 1. The molecule has 0 radical (unpaired) electrons. The molecule has 1 N–H and O–H groups in total. The molecule has 112 valence electrons. The van der Waals surface area contributed by atoms with Gasteiger partial charge < -0.3 is 5.32 Å². The van der Waals surface area contributed by atoms with Crippen LogP contribution in [0.3, 0.4) is 0 Å². The summed E-state index contributed by atoms with van der Waals surface area (Å²) in [5.74, 6) is -0.145. The minimum absolute atomic E-state index is 0.0913. The van der Waals surface area contributed by atoms with Gasteiger partial charge in [-0.05, 0) is 55.6 Å². The molecule has 1 unspecified atom stereocenters. The lowest BCUT2D eigenvalue weighted by Crippen LogP contribution is -2.25. The molecule has 0 aliphatic heterocycles. The summed E-state index contributed by atoms with van der Waals surface area (Å²) < 4.78 is 13.8. The Morgan fingerprint density at radius 2 is 2.00 bits per heavy atom. The maximum atomic E-state index is 13.8. The van der Waals surface area contributed by atoms with Gasteiger partial charge >= 0.3 is 0 Å². The summed E-state index contributed by atoms with van der Waals surface area (Å²) in [7, 11) is 0. The highest BCUT2D eigenvalue weighted by atomic mass is 19.1. The Balaban J connectivity index is 2.25. The van der Waals surface area contributed by atoms with Crippen molar-refractivity contribution in [1.82, 2.24) is 10.3 Å². The zero-order valence-electron chi connectivity index (χ0n) is 13.0. The summed E-state index contributed by atoms with van der Waals surface area (Å²) in [6.45, 7) is 6.89. The van der Waals surface area contributed by atoms with Crippen molar-refractivity contribution in [2.45, 2.75) is 39.7 Å². The average molecular weight is 286 g/mol. The van der Waals surface area contributed by atoms with E-state index in [0.29, 0.717) is 5.56 Å². The van der Waals surface area contributed by atoms with Crippen molar-refractivity contribution in [2.75, 3.05) is 6.54 Å². The van der Waals surface area contributed by atoms with E-state index < -0.39 is 0 Å². The monoisotopic (exact) mass is 286 g/mol. The molecule has 0 saturated heterocycles. The molecule has 2 aromatic rings. The fourth-order valence-electron chi connectivity index (χ4n) is 2.38. The van der Waals surface area contributed by atoms with Crippen LogP contribution in [0, 0.1) is 19.7 Å². The van der Waals surface area contributed by atoms with Crippen LogP contribution in [0.4, 0.5) is 4.39 Å². The number of nitrogens with zero attached hydrogens (tertiary/aromatic N) is 1. The summed E-state index contributed by atoms with van der Waals surface area (Å²) in [6, 6.07) is 9.59.